The predicted octanol–water partition coefficient (Wildman–Crippen LogP) is 5.13. The van der Waals surface area contributed by atoms with Gasteiger partial charge in [-0.15, -0.1) is 0 Å². The van der Waals surface area contributed by atoms with E-state index in [4.69, 9.17) is 0 Å². The van der Waals surface area contributed by atoms with Crippen molar-refractivity contribution in [3.63, 3.8) is 0 Å². The zero-order valence-electron chi connectivity index (χ0n) is 16.1. The molecule has 4 aromatic rings. The normalized spacial score (nSPS) is 12.2. The second-order valence-electron chi connectivity index (χ2n) is 6.78. The summed E-state index contributed by atoms with van der Waals surface area (Å²) in [5.41, 5.74) is 0. The molecular weight excluding hydrogens is 470 g/mol. The Hall–Kier alpha value is -1.57. The van der Waals surface area contributed by atoms with Crippen LogP contribution in [0.15, 0.2) is 121 Å². The topological polar surface area (TPSA) is 0 Å². The van der Waals surface area contributed by atoms with Gasteiger partial charge < -0.3 is 0 Å². The van der Waals surface area contributed by atoms with Gasteiger partial charge in [0.15, 0.2) is 0 Å². The molecule has 0 nitrogen and oxygen atoms in total. The van der Waals surface area contributed by atoms with Gasteiger partial charge in [0.2, 0.25) is 0 Å². The third-order valence-corrected chi connectivity index (χ3v) is 12.8. The Labute approximate surface area is 187 Å². The SMILES string of the molecule is [Mo][CH](CP(c1ccccc1)c1ccccc1)P(c1ccccc1)c1ccccc1. The van der Waals surface area contributed by atoms with Crippen molar-refractivity contribution in [2.75, 3.05) is 6.16 Å². The van der Waals surface area contributed by atoms with Crippen LogP contribution < -0.4 is 21.2 Å². The van der Waals surface area contributed by atoms with Crippen LogP contribution in [0, 0.1) is 0 Å². The van der Waals surface area contributed by atoms with E-state index in [9.17, 15) is 0 Å². The fraction of sp³-hybridized carbons (Fsp3) is 0.0769. The first-order valence-corrected chi connectivity index (χ1v) is 13.9. The van der Waals surface area contributed by atoms with Gasteiger partial charge in [0.1, 0.15) is 0 Å². The minimum absolute atomic E-state index is 0.385. The van der Waals surface area contributed by atoms with Gasteiger partial charge in [0.05, 0.1) is 0 Å². The van der Waals surface area contributed by atoms with Gasteiger partial charge >= 0.3 is 188 Å². The summed E-state index contributed by atoms with van der Waals surface area (Å²) in [4.78, 5) is 0. The van der Waals surface area contributed by atoms with Gasteiger partial charge in [-0.1, -0.05) is 0 Å². The molecule has 0 fully saturated rings. The van der Waals surface area contributed by atoms with Gasteiger partial charge in [-0.05, 0) is 0 Å². The molecule has 0 aromatic heterocycles. The van der Waals surface area contributed by atoms with Crippen LogP contribution >= 0.6 is 15.8 Å². The molecule has 4 aromatic carbocycles. The van der Waals surface area contributed by atoms with E-state index in [0.717, 1.165) is 0 Å². The standard InChI is InChI=1S/C26H23P2.Mo/c1-5-13-23(14-6-1)27(24-15-7-2-8-16-24)21-22-28(25-17-9-3-10-18-25)26-19-11-4-12-20-26;/h1-21H,22H2;. The number of rotatable bonds is 7. The van der Waals surface area contributed by atoms with Crippen LogP contribution in [0.2, 0.25) is 0 Å². The summed E-state index contributed by atoms with van der Waals surface area (Å²) >= 11 is 2.36. The molecular formula is C26H23MoP2. The Morgan fingerprint density at radius 3 is 1.14 bits per heavy atom. The van der Waals surface area contributed by atoms with Crippen molar-refractivity contribution in [1.82, 2.24) is 0 Å². The van der Waals surface area contributed by atoms with E-state index in [1.807, 2.05) is 0 Å². The molecule has 0 bridgehead atoms. The first kappa shape index (κ1) is 20.7. The van der Waals surface area contributed by atoms with Gasteiger partial charge in [-0.2, -0.15) is 0 Å². The summed E-state index contributed by atoms with van der Waals surface area (Å²) in [7, 11) is -0.789. The van der Waals surface area contributed by atoms with E-state index >= 15 is 0 Å². The fourth-order valence-electron chi connectivity index (χ4n) is 3.47. The summed E-state index contributed by atoms with van der Waals surface area (Å²) in [6.45, 7) is 0. The molecule has 4 rings (SSSR count). The second-order valence-corrected chi connectivity index (χ2v) is 13.8. The molecule has 1 atom stereocenters. The van der Waals surface area contributed by atoms with Crippen molar-refractivity contribution in [1.29, 1.82) is 0 Å². The van der Waals surface area contributed by atoms with E-state index < -0.39 is 7.92 Å². The van der Waals surface area contributed by atoms with Crippen molar-refractivity contribution in [2.45, 2.75) is 4.05 Å². The zero-order valence-corrected chi connectivity index (χ0v) is 19.9. The van der Waals surface area contributed by atoms with Gasteiger partial charge in [-0.25, -0.2) is 0 Å². The van der Waals surface area contributed by atoms with Crippen molar-refractivity contribution < 1.29 is 19.8 Å². The monoisotopic (exact) mass is 495 g/mol. The number of hydrogen-bond donors (Lipinski definition) is 0. The van der Waals surface area contributed by atoms with Crippen LogP contribution in [-0.4, -0.2) is 10.2 Å². The quantitative estimate of drug-likeness (QED) is 0.248. The molecule has 0 saturated heterocycles. The molecule has 3 heteroatoms. The van der Waals surface area contributed by atoms with Crippen molar-refractivity contribution in [3.8, 4) is 0 Å². The van der Waals surface area contributed by atoms with E-state index in [1.54, 1.807) is 0 Å². The Bertz CT molecular complexity index is 913. The van der Waals surface area contributed by atoms with Gasteiger partial charge in [-0.3, -0.25) is 0 Å². The van der Waals surface area contributed by atoms with Crippen molar-refractivity contribution in [2.24, 2.45) is 0 Å². The molecule has 29 heavy (non-hydrogen) atoms. The first-order chi connectivity index (χ1) is 14.3. The average molecular weight is 493 g/mol. The molecule has 0 aliphatic heterocycles. The minimum atomic E-state index is -0.405. The van der Waals surface area contributed by atoms with Crippen molar-refractivity contribution in [3.05, 3.63) is 121 Å². The Morgan fingerprint density at radius 1 is 0.483 bits per heavy atom. The second kappa shape index (κ2) is 10.5. The van der Waals surface area contributed by atoms with E-state index in [0.29, 0.717) is 4.05 Å². The van der Waals surface area contributed by atoms with Crippen LogP contribution in [0.25, 0.3) is 0 Å². The average Bonchev–Trinajstić information content (AvgIpc) is 2.80. The summed E-state index contributed by atoms with van der Waals surface area (Å²) in [6, 6.07) is 44.4. The van der Waals surface area contributed by atoms with Crippen LogP contribution in [0.3, 0.4) is 0 Å². The Kier molecular flexibility index (Phi) is 7.46. The molecule has 1 unspecified atom stereocenters. The Balaban J connectivity index is 1.70. The maximum atomic E-state index is 2.36. The van der Waals surface area contributed by atoms with Crippen LogP contribution in [0.5, 0.6) is 0 Å². The van der Waals surface area contributed by atoms with E-state index in [1.165, 1.54) is 27.4 Å². The van der Waals surface area contributed by atoms with Gasteiger partial charge in [0, 0.05) is 0 Å². The molecule has 0 radical (unpaired) electrons. The summed E-state index contributed by atoms with van der Waals surface area (Å²) in [5.74, 6) is 0. The third-order valence-electron chi connectivity index (χ3n) is 4.83. The van der Waals surface area contributed by atoms with Gasteiger partial charge in [0.25, 0.3) is 0 Å². The number of hydrogen-bond acceptors (Lipinski definition) is 0. The number of benzene rings is 4. The van der Waals surface area contributed by atoms with Crippen LogP contribution in [-0.2, 0) is 19.8 Å². The Morgan fingerprint density at radius 2 is 0.793 bits per heavy atom. The molecule has 0 saturated carbocycles. The van der Waals surface area contributed by atoms with Crippen molar-refractivity contribution >= 4 is 37.1 Å². The predicted molar refractivity (Wildman–Crippen MR) is 127 cm³/mol. The third kappa shape index (κ3) is 5.32. The molecule has 0 aliphatic rings. The van der Waals surface area contributed by atoms with E-state index in [-0.39, 0.29) is 7.92 Å². The maximum absolute atomic E-state index is 2.36. The molecule has 0 aliphatic carbocycles. The van der Waals surface area contributed by atoms with Crippen LogP contribution in [0.4, 0.5) is 0 Å². The fourth-order valence-corrected chi connectivity index (χ4v) is 11.6. The summed E-state index contributed by atoms with van der Waals surface area (Å²) in [5, 5.41) is 5.89. The summed E-state index contributed by atoms with van der Waals surface area (Å²) in [6.07, 6.45) is 1.20. The molecule has 0 heterocycles. The first-order valence-electron chi connectivity index (χ1n) is 9.76. The molecule has 143 valence electrons. The summed E-state index contributed by atoms with van der Waals surface area (Å²) < 4.78 is 0.595. The zero-order chi connectivity index (χ0) is 19.9. The van der Waals surface area contributed by atoms with Crippen LogP contribution in [0.1, 0.15) is 0 Å². The molecule has 0 N–H and O–H groups in total. The van der Waals surface area contributed by atoms with E-state index in [2.05, 4.69) is 141 Å². The molecule has 0 amide bonds. The molecule has 0 spiro atoms.